The second-order valence-electron chi connectivity index (χ2n) is 3.83. The second-order valence-corrected chi connectivity index (χ2v) is 4.99. The molecule has 1 heterocycles. The van der Waals surface area contributed by atoms with Gasteiger partial charge in [-0.25, -0.2) is 4.39 Å². The normalized spacial score (nSPS) is 14.7. The lowest BCUT2D eigenvalue weighted by Gasteiger charge is -2.27. The molecule has 0 unspecified atom stereocenters. The van der Waals surface area contributed by atoms with E-state index in [2.05, 4.69) is 10.6 Å². The minimum atomic E-state index is -0.462. The van der Waals surface area contributed by atoms with Crippen molar-refractivity contribution in [3.8, 4) is 0 Å². The van der Waals surface area contributed by atoms with Crippen LogP contribution < -0.4 is 10.6 Å². The van der Waals surface area contributed by atoms with Crippen LogP contribution in [0.25, 0.3) is 0 Å². The molecule has 94 valence electrons. The Kier molecular flexibility index (Phi) is 5.61. The minimum Gasteiger partial charge on any atom is -0.352 e. The van der Waals surface area contributed by atoms with Gasteiger partial charge in [0.05, 0.1) is 5.56 Å². The highest BCUT2D eigenvalue weighted by molar-refractivity contribution is 14.1. The van der Waals surface area contributed by atoms with Crippen molar-refractivity contribution in [3.63, 3.8) is 0 Å². The van der Waals surface area contributed by atoms with E-state index < -0.39 is 5.82 Å². The number of halogens is 3. The van der Waals surface area contributed by atoms with Gasteiger partial charge in [-0.3, -0.25) is 4.79 Å². The maximum Gasteiger partial charge on any atom is 0.255 e. The largest absolute Gasteiger partial charge is 0.352 e. The zero-order valence-corrected chi connectivity index (χ0v) is 12.0. The van der Waals surface area contributed by atoms with E-state index in [4.69, 9.17) is 0 Å². The van der Waals surface area contributed by atoms with E-state index in [1.807, 2.05) is 22.6 Å². The standard InChI is InChI=1S/C11H12FIN2O.ClH/c12-8-2-1-3-9(13)10(8)11(16)15-6-7-4-14-5-7;/h1-3,7,14H,4-6H2,(H,15,16);1H. The summed E-state index contributed by atoms with van der Waals surface area (Å²) >= 11 is 1.97. The van der Waals surface area contributed by atoms with Gasteiger partial charge < -0.3 is 10.6 Å². The van der Waals surface area contributed by atoms with Gasteiger partial charge in [0.15, 0.2) is 0 Å². The molecule has 1 aromatic carbocycles. The molecule has 2 rings (SSSR count). The fourth-order valence-corrected chi connectivity index (χ4v) is 2.24. The molecule has 0 spiro atoms. The molecule has 0 bridgehead atoms. The summed E-state index contributed by atoms with van der Waals surface area (Å²) < 4.78 is 14.1. The fraction of sp³-hybridized carbons (Fsp3) is 0.364. The van der Waals surface area contributed by atoms with Crippen LogP contribution in [0.1, 0.15) is 10.4 Å². The first-order valence-electron chi connectivity index (χ1n) is 5.11. The van der Waals surface area contributed by atoms with Gasteiger partial charge in [0.25, 0.3) is 5.91 Å². The van der Waals surface area contributed by atoms with Gasteiger partial charge in [0, 0.05) is 29.1 Å². The van der Waals surface area contributed by atoms with Crippen LogP contribution in [0.3, 0.4) is 0 Å². The predicted molar refractivity (Wildman–Crippen MR) is 75.1 cm³/mol. The van der Waals surface area contributed by atoms with Gasteiger partial charge in [-0.05, 0) is 34.7 Å². The number of hydrogen-bond donors (Lipinski definition) is 2. The number of carbonyl (C=O) groups excluding carboxylic acids is 1. The van der Waals surface area contributed by atoms with Crippen molar-refractivity contribution in [2.45, 2.75) is 0 Å². The number of carbonyl (C=O) groups is 1. The third-order valence-corrected chi connectivity index (χ3v) is 3.51. The van der Waals surface area contributed by atoms with Gasteiger partial charge in [-0.1, -0.05) is 6.07 Å². The number of hydrogen-bond acceptors (Lipinski definition) is 2. The third-order valence-electron chi connectivity index (χ3n) is 2.61. The summed E-state index contributed by atoms with van der Waals surface area (Å²) in [7, 11) is 0. The zero-order chi connectivity index (χ0) is 11.5. The molecule has 1 fully saturated rings. The van der Waals surface area contributed by atoms with Crippen molar-refractivity contribution in [2.24, 2.45) is 5.92 Å². The number of nitrogens with one attached hydrogen (secondary N) is 2. The van der Waals surface area contributed by atoms with Crippen molar-refractivity contribution in [3.05, 3.63) is 33.1 Å². The molecule has 2 N–H and O–H groups in total. The fourth-order valence-electron chi connectivity index (χ4n) is 1.53. The van der Waals surface area contributed by atoms with Crippen molar-refractivity contribution in [1.29, 1.82) is 0 Å². The summed E-state index contributed by atoms with van der Waals surface area (Å²) in [5.41, 5.74) is 0.149. The van der Waals surface area contributed by atoms with E-state index in [1.165, 1.54) is 6.07 Å². The SMILES string of the molecule is Cl.O=C(NCC1CNC1)c1c(F)cccc1I. The van der Waals surface area contributed by atoms with E-state index in [0.29, 0.717) is 16.0 Å². The average molecular weight is 371 g/mol. The van der Waals surface area contributed by atoms with E-state index in [-0.39, 0.29) is 23.9 Å². The summed E-state index contributed by atoms with van der Waals surface area (Å²) in [6.45, 7) is 2.46. The van der Waals surface area contributed by atoms with Gasteiger partial charge in [0.2, 0.25) is 0 Å². The first-order valence-corrected chi connectivity index (χ1v) is 6.19. The van der Waals surface area contributed by atoms with Crippen molar-refractivity contribution >= 4 is 40.9 Å². The van der Waals surface area contributed by atoms with Gasteiger partial charge in [-0.15, -0.1) is 12.4 Å². The van der Waals surface area contributed by atoms with E-state index in [0.717, 1.165) is 13.1 Å². The summed E-state index contributed by atoms with van der Waals surface area (Å²) in [6, 6.07) is 4.63. The molecule has 0 radical (unpaired) electrons. The molecule has 0 saturated carbocycles. The summed E-state index contributed by atoms with van der Waals surface area (Å²) in [6.07, 6.45) is 0. The summed E-state index contributed by atoms with van der Waals surface area (Å²) in [5.74, 6) is -0.307. The molecule has 1 aliphatic heterocycles. The predicted octanol–water partition coefficient (Wildman–Crippen LogP) is 1.80. The molecular weight excluding hydrogens is 357 g/mol. The molecule has 1 saturated heterocycles. The van der Waals surface area contributed by atoms with Crippen molar-refractivity contribution < 1.29 is 9.18 Å². The van der Waals surface area contributed by atoms with Crippen LogP contribution in [0.5, 0.6) is 0 Å². The molecule has 0 aliphatic carbocycles. The van der Waals surface area contributed by atoms with E-state index in [1.54, 1.807) is 12.1 Å². The Morgan fingerprint density at radius 3 is 2.76 bits per heavy atom. The molecule has 1 aromatic rings. The Labute approximate surface area is 119 Å². The average Bonchev–Trinajstić information content (AvgIpc) is 2.15. The van der Waals surface area contributed by atoms with Gasteiger partial charge >= 0.3 is 0 Å². The molecule has 1 aliphatic rings. The molecule has 0 aromatic heterocycles. The molecule has 1 amide bonds. The van der Waals surface area contributed by atoms with Crippen LogP contribution in [0, 0.1) is 15.3 Å². The van der Waals surface area contributed by atoms with Crippen LogP contribution in [-0.2, 0) is 0 Å². The highest BCUT2D eigenvalue weighted by atomic mass is 127. The lowest BCUT2D eigenvalue weighted by molar-refractivity contribution is 0.0937. The maximum atomic E-state index is 13.4. The second kappa shape index (κ2) is 6.51. The smallest absolute Gasteiger partial charge is 0.255 e. The van der Waals surface area contributed by atoms with Crippen molar-refractivity contribution in [1.82, 2.24) is 10.6 Å². The van der Waals surface area contributed by atoms with Crippen LogP contribution in [0.15, 0.2) is 18.2 Å². The molecule has 17 heavy (non-hydrogen) atoms. The Morgan fingerprint density at radius 1 is 1.53 bits per heavy atom. The van der Waals surface area contributed by atoms with Gasteiger partial charge in [-0.2, -0.15) is 0 Å². The third kappa shape index (κ3) is 3.53. The van der Waals surface area contributed by atoms with Gasteiger partial charge in [0.1, 0.15) is 5.82 Å². The lowest BCUT2D eigenvalue weighted by atomic mass is 10.0. The summed E-state index contributed by atoms with van der Waals surface area (Å²) in [4.78, 5) is 11.8. The first-order chi connectivity index (χ1) is 7.68. The van der Waals surface area contributed by atoms with E-state index >= 15 is 0 Å². The highest BCUT2D eigenvalue weighted by Crippen LogP contribution is 2.15. The molecule has 0 atom stereocenters. The maximum absolute atomic E-state index is 13.4. The van der Waals surface area contributed by atoms with Crippen LogP contribution in [-0.4, -0.2) is 25.5 Å². The number of rotatable bonds is 3. The zero-order valence-electron chi connectivity index (χ0n) is 9.00. The Morgan fingerprint density at radius 2 is 2.24 bits per heavy atom. The van der Waals surface area contributed by atoms with Crippen LogP contribution >= 0.6 is 35.0 Å². The Hall–Kier alpha value is -0.400. The van der Waals surface area contributed by atoms with Crippen LogP contribution in [0.4, 0.5) is 4.39 Å². The molecular formula is C11H13ClFIN2O. The minimum absolute atomic E-state index is 0. The highest BCUT2D eigenvalue weighted by Gasteiger charge is 2.20. The summed E-state index contributed by atoms with van der Waals surface area (Å²) in [5, 5.41) is 5.88. The van der Waals surface area contributed by atoms with E-state index in [9.17, 15) is 9.18 Å². The topological polar surface area (TPSA) is 41.1 Å². The molecule has 3 nitrogen and oxygen atoms in total. The lowest BCUT2D eigenvalue weighted by Crippen LogP contribution is -2.48. The van der Waals surface area contributed by atoms with Crippen LogP contribution in [0.2, 0.25) is 0 Å². The quantitative estimate of drug-likeness (QED) is 0.797. The first kappa shape index (κ1) is 14.7. The number of benzene rings is 1. The molecule has 6 heteroatoms. The monoisotopic (exact) mass is 370 g/mol. The Balaban J connectivity index is 0.00000144. The van der Waals surface area contributed by atoms with Crippen molar-refractivity contribution in [2.75, 3.05) is 19.6 Å². The Bertz CT molecular complexity index is 392. The number of amides is 1.